The number of benzene rings is 6. The van der Waals surface area contributed by atoms with Crippen LogP contribution in [-0.2, 0) is 137 Å². The van der Waals surface area contributed by atoms with Crippen molar-refractivity contribution in [3.8, 4) is 0 Å². The van der Waals surface area contributed by atoms with Crippen LogP contribution >= 0.6 is 69.6 Å². The summed E-state index contributed by atoms with van der Waals surface area (Å²) in [5.41, 5.74) is 16.6. The quantitative estimate of drug-likeness (QED) is 0.0236. The fourth-order valence-electron chi connectivity index (χ4n) is 15.1. The van der Waals surface area contributed by atoms with Gasteiger partial charge in [0.25, 0.3) is 23.6 Å². The van der Waals surface area contributed by atoms with Gasteiger partial charge < -0.3 is 78.1 Å². The van der Waals surface area contributed by atoms with Crippen molar-refractivity contribution in [2.24, 2.45) is 5.73 Å². The second kappa shape index (κ2) is 59.1. The Balaban J connectivity index is 0.000000308. The molecular formula is C93H121Cl6FN8O23S2. The monoisotopic (exact) mass is 2010 g/mol. The van der Waals surface area contributed by atoms with Crippen LogP contribution in [0.4, 0.5) is 4.39 Å². The molecule has 3 unspecified atom stereocenters. The number of likely N-dealkylation sites (N-methyl/N-ethyl adjacent to an activating group) is 3. The number of amides is 5. The Morgan fingerprint density at radius 1 is 0.429 bits per heavy atom. The van der Waals surface area contributed by atoms with E-state index in [1.165, 1.54) is 22.3 Å². The zero-order valence-electron chi connectivity index (χ0n) is 76.2. The topological polar surface area (TPSA) is 373 Å². The molecule has 3 atom stereocenters. The molecule has 5 aliphatic heterocycles. The van der Waals surface area contributed by atoms with Crippen LogP contribution in [0.5, 0.6) is 0 Å². The highest BCUT2D eigenvalue weighted by Gasteiger charge is 2.37. The second-order valence-electron chi connectivity index (χ2n) is 31.9. The molecule has 133 heavy (non-hydrogen) atoms. The number of sulfonamides is 1. The highest BCUT2D eigenvalue weighted by Crippen LogP contribution is 2.42. The van der Waals surface area contributed by atoms with Gasteiger partial charge in [0, 0.05) is 172 Å². The molecule has 2 fully saturated rings. The summed E-state index contributed by atoms with van der Waals surface area (Å²) < 4.78 is 119. The van der Waals surface area contributed by atoms with Gasteiger partial charge in [0.1, 0.15) is 5.78 Å². The maximum atomic E-state index is 13.0. The predicted octanol–water partition coefficient (Wildman–Crippen LogP) is 12.4. The van der Waals surface area contributed by atoms with Gasteiger partial charge in [-0.25, -0.2) is 31.1 Å². The number of rotatable bonds is 53. The van der Waals surface area contributed by atoms with E-state index in [-0.39, 0.29) is 110 Å². The fourth-order valence-corrected chi connectivity index (χ4v) is 19.1. The summed E-state index contributed by atoms with van der Waals surface area (Å²) in [7, 11) is -2.02. The van der Waals surface area contributed by atoms with E-state index in [0.29, 0.717) is 167 Å². The number of ether oxygens (including phenoxy) is 9. The SMILES string of the molecule is CN1Cc2c(Cl)cc(Cl)cc2C(c2ccc(CCCCOCCOCCOCCN)cc2)C1.CN1Cc2c(Cl)cc(Cl)cc2C(c2ccc(S(=O)(=O)CCCOCCOCCOCCCC(=O)CCC(=O)NCCOCCOCCOCCNS(=O)(=O)c3ccc(C4CN(C)Cc5c(Cl)cc(Cl)cc54)cc3)cc2)C1.O=C(CCC(=O)ON1C(=O)CCC1=O)ON1C(=O)CCC1=O.[2H]CF. The molecule has 0 aromatic heterocycles. The Hall–Kier alpha value is -7.31. The average Bonchev–Trinajstić information content (AvgIpc) is 1.05. The molecule has 5 heterocycles. The van der Waals surface area contributed by atoms with Gasteiger partial charge >= 0.3 is 11.9 Å². The Kier molecular flexibility index (Phi) is 48.6. The molecule has 0 bridgehead atoms. The zero-order chi connectivity index (χ0) is 97.0. The van der Waals surface area contributed by atoms with E-state index in [9.17, 15) is 59.6 Å². The third-order valence-corrected chi connectivity index (χ3v) is 26.7. The number of carbonyl (C=O) groups excluding carboxylic acids is 8. The average molecular weight is 2020 g/mol. The molecule has 31 nitrogen and oxygen atoms in total. The number of unbranched alkanes of at least 4 members (excludes halogenated alkanes) is 1. The number of ketones is 1. The lowest BCUT2D eigenvalue weighted by molar-refractivity contribution is -0.201. The van der Waals surface area contributed by atoms with Crippen LogP contribution in [0.1, 0.15) is 158 Å². The van der Waals surface area contributed by atoms with E-state index in [1.54, 1.807) is 36.4 Å². The van der Waals surface area contributed by atoms with Crippen LogP contribution in [0.2, 0.25) is 30.1 Å². The summed E-state index contributed by atoms with van der Waals surface area (Å²) in [5.74, 6) is -4.43. The number of aryl methyl sites for hydroxylation is 1. The highest BCUT2D eigenvalue weighted by atomic mass is 35.5. The number of nitrogens with one attached hydrogen (secondary N) is 2. The molecule has 732 valence electrons. The lowest BCUT2D eigenvalue weighted by Crippen LogP contribution is -2.33. The summed E-state index contributed by atoms with van der Waals surface area (Å²) in [6, 6.07) is 34.2. The molecule has 40 heteroatoms. The molecule has 6 aromatic rings. The number of imide groups is 2. The number of hydrogen-bond donors (Lipinski definition) is 3. The summed E-state index contributed by atoms with van der Waals surface area (Å²) in [4.78, 5) is 108. The van der Waals surface area contributed by atoms with E-state index in [1.807, 2.05) is 56.6 Å². The number of Topliss-reactive ketones (excluding diaryl/α,β-unsaturated/α-hetero) is 1. The van der Waals surface area contributed by atoms with Crippen molar-refractivity contribution < 1.29 is 113 Å². The number of fused-ring (bicyclic) bond motifs is 3. The molecule has 0 saturated carbocycles. The minimum atomic E-state index is -3.73. The molecule has 0 spiro atoms. The number of nitrogens with two attached hydrogens (primary N) is 1. The van der Waals surface area contributed by atoms with Crippen molar-refractivity contribution in [1.82, 2.24) is 34.9 Å². The lowest BCUT2D eigenvalue weighted by Gasteiger charge is -2.33. The minimum absolute atomic E-state index is 0.00408. The van der Waals surface area contributed by atoms with Gasteiger partial charge in [-0.1, -0.05) is 118 Å². The van der Waals surface area contributed by atoms with E-state index in [4.69, 9.17) is 119 Å². The number of carbonyl (C=O) groups is 8. The first-order chi connectivity index (χ1) is 64.4. The Bertz CT molecular complexity index is 4750. The van der Waals surface area contributed by atoms with E-state index in [0.717, 1.165) is 97.0 Å². The normalized spacial score (nSPS) is 16.4. The van der Waals surface area contributed by atoms with Gasteiger partial charge in [0.05, 0.1) is 136 Å². The first kappa shape index (κ1) is 109. The van der Waals surface area contributed by atoms with Gasteiger partial charge in [0.2, 0.25) is 15.9 Å². The van der Waals surface area contributed by atoms with E-state index < -0.39 is 75.4 Å². The fraction of sp³-hybridized carbons (Fsp3) is 0.527. The zero-order valence-corrected chi connectivity index (χ0v) is 81.4. The smallest absolute Gasteiger partial charge is 0.333 e. The van der Waals surface area contributed by atoms with Crippen LogP contribution in [0.3, 0.4) is 0 Å². The summed E-state index contributed by atoms with van der Waals surface area (Å²) >= 11 is 38.5. The summed E-state index contributed by atoms with van der Waals surface area (Å²) in [6.07, 6.45) is 3.58. The number of sulfone groups is 1. The van der Waals surface area contributed by atoms with Gasteiger partial charge in [-0.05, 0) is 170 Å². The van der Waals surface area contributed by atoms with Gasteiger partial charge in [0.15, 0.2) is 9.84 Å². The van der Waals surface area contributed by atoms with Crippen molar-refractivity contribution in [3.63, 3.8) is 0 Å². The number of hydrogen-bond acceptors (Lipinski definition) is 27. The number of halogens is 7. The van der Waals surface area contributed by atoms with Gasteiger partial charge in [-0.2, -0.15) is 0 Å². The minimum Gasteiger partial charge on any atom is -0.379 e. The maximum absolute atomic E-state index is 13.0. The molecule has 6 aromatic carbocycles. The summed E-state index contributed by atoms with van der Waals surface area (Å²) in [6.45, 7) is 13.2. The molecule has 11 rings (SSSR count). The van der Waals surface area contributed by atoms with Crippen LogP contribution in [0.15, 0.2) is 119 Å². The lowest BCUT2D eigenvalue weighted by atomic mass is 9.84. The van der Waals surface area contributed by atoms with E-state index in [2.05, 4.69) is 71.8 Å². The van der Waals surface area contributed by atoms with Crippen LogP contribution in [0.25, 0.3) is 0 Å². The van der Waals surface area contributed by atoms with Crippen LogP contribution in [0, 0.1) is 0 Å². The second-order valence-corrected chi connectivity index (χ2v) is 38.3. The van der Waals surface area contributed by atoms with E-state index >= 15 is 0 Å². The standard InChI is InChI=1S/C54H70Cl4N4O12S2.C26H36Cl2N2O3.C12H12N2O8.CH3F/c1-61-35-48(46-31-41(55)33-52(57)50(46)37-61)39-6-11-44(12-7-39)75(65,66)30-4-19-70-23-27-73-26-22-69-18-3-5-43(63)10-15-54(64)59-16-20-71-24-28-74-29-25-72-21-17-60-76(67,68)45-13-8-40(9-14-45)49-36-62(2)38-51-47(49)32-42(56)34-53(51)58;1-30-18-24(23-16-22(27)17-26(28)25(23)19-30)21-7-5-20(6-8-21)4-2-3-10-31-12-14-33-15-13-32-11-9-29;15-7-1-2-8(16)13(7)21-11(19)5-6-12(20)22-14-9(17)3-4-10(14)18;1-2/h6-9,11-14,31-34,48-49,60H,3-5,10,15-30,35-38H2,1-2H3,(H,59,64);5-8,16-17,24H,2-4,9-15,18-19,29H2,1H3;1-6H2;1H3/i;;;1D. The molecule has 4 N–H and O–H groups in total. The van der Waals surface area contributed by atoms with Crippen LogP contribution in [-0.4, -0.2) is 281 Å². The number of nitrogens with zero attached hydrogens (tertiary/aromatic N) is 5. The molecule has 5 amide bonds. The first-order valence-corrected chi connectivity index (χ1v) is 49.5. The Morgan fingerprint density at radius 2 is 0.774 bits per heavy atom. The van der Waals surface area contributed by atoms with Crippen LogP contribution < -0.4 is 15.8 Å². The third kappa shape index (κ3) is 37.8. The third-order valence-electron chi connectivity index (χ3n) is 21.7. The Labute approximate surface area is 809 Å². The maximum Gasteiger partial charge on any atom is 0.333 e. The Morgan fingerprint density at radius 3 is 1.17 bits per heavy atom. The molecule has 0 radical (unpaired) electrons. The molecule has 2 saturated heterocycles. The highest BCUT2D eigenvalue weighted by molar-refractivity contribution is 7.91. The van der Waals surface area contributed by atoms with Crippen molar-refractivity contribution >= 4 is 137 Å². The predicted molar refractivity (Wildman–Crippen MR) is 502 cm³/mol. The molecular weight excluding hydrogens is 1890 g/mol. The molecule has 0 aliphatic carbocycles. The summed E-state index contributed by atoms with van der Waals surface area (Å²) in [5, 5.41) is 7.34. The molecule has 5 aliphatic rings. The number of alkyl halides is 1. The van der Waals surface area contributed by atoms with Crippen molar-refractivity contribution in [3.05, 3.63) is 195 Å². The number of hydroxylamine groups is 4. The largest absolute Gasteiger partial charge is 0.379 e. The van der Waals surface area contributed by atoms with Gasteiger partial charge in [-0.15, -0.1) is 10.1 Å². The first-order valence-electron chi connectivity index (χ1n) is 44.8. The van der Waals surface area contributed by atoms with Crippen molar-refractivity contribution in [1.29, 1.82) is 0 Å². The van der Waals surface area contributed by atoms with Crippen molar-refractivity contribution in [2.75, 3.05) is 192 Å². The van der Waals surface area contributed by atoms with Gasteiger partial charge in [-0.3, -0.25) is 33.2 Å². The van der Waals surface area contributed by atoms with Crippen molar-refractivity contribution in [2.45, 2.75) is 137 Å².